The van der Waals surface area contributed by atoms with Gasteiger partial charge in [-0.15, -0.1) is 0 Å². The Balaban J connectivity index is 1.89. The molecule has 7 nitrogen and oxygen atoms in total. The van der Waals surface area contributed by atoms with Crippen molar-refractivity contribution in [1.82, 2.24) is 15.3 Å². The van der Waals surface area contributed by atoms with E-state index >= 15 is 0 Å². The molecular formula is C32H32ClN3O4. The average Bonchev–Trinajstić information content (AvgIpc) is 3.38. The van der Waals surface area contributed by atoms with Gasteiger partial charge in [0.1, 0.15) is 11.6 Å². The predicted molar refractivity (Wildman–Crippen MR) is 161 cm³/mol. The van der Waals surface area contributed by atoms with Crippen molar-refractivity contribution in [3.05, 3.63) is 126 Å². The van der Waals surface area contributed by atoms with Crippen molar-refractivity contribution in [3.8, 4) is 5.75 Å². The number of rotatable bonds is 13. The Bertz CT molecular complexity index is 1510. The van der Waals surface area contributed by atoms with Crippen molar-refractivity contribution < 1.29 is 19.4 Å². The fourth-order valence-electron chi connectivity index (χ4n) is 4.04. The summed E-state index contributed by atoms with van der Waals surface area (Å²) in [5.41, 5.74) is 5.01. The third-order valence-electron chi connectivity index (χ3n) is 6.07. The molecule has 0 bridgehead atoms. The molecule has 1 amide bonds. The van der Waals surface area contributed by atoms with Crippen molar-refractivity contribution in [3.63, 3.8) is 0 Å². The third kappa shape index (κ3) is 7.94. The lowest BCUT2D eigenvalue weighted by atomic mass is 9.96. The number of hydrogen-bond acceptors (Lipinski definition) is 4. The molecule has 0 saturated heterocycles. The van der Waals surface area contributed by atoms with E-state index in [1.165, 1.54) is 17.7 Å². The number of aliphatic carboxylic acids is 1. The molecule has 3 aromatic rings. The lowest BCUT2D eigenvalue weighted by molar-refractivity contribution is -0.131. The van der Waals surface area contributed by atoms with Crippen LogP contribution >= 0.6 is 11.6 Å². The summed E-state index contributed by atoms with van der Waals surface area (Å²) in [6.07, 6.45) is 8.89. The maximum absolute atomic E-state index is 13.0. The molecule has 0 fully saturated rings. The highest BCUT2D eigenvalue weighted by Gasteiger charge is 2.17. The number of aromatic nitrogens is 2. The minimum absolute atomic E-state index is 0.170. The summed E-state index contributed by atoms with van der Waals surface area (Å²) in [6.45, 7) is 10.1. The number of aromatic amines is 1. The zero-order chi connectivity index (χ0) is 29.1. The second kappa shape index (κ2) is 14.5. The number of halogens is 1. The number of fused-ring (bicyclic) bond motifs is 1. The zero-order valence-electron chi connectivity index (χ0n) is 22.5. The maximum atomic E-state index is 13.0. The van der Waals surface area contributed by atoms with Crippen LogP contribution < -0.4 is 10.1 Å². The summed E-state index contributed by atoms with van der Waals surface area (Å²) in [6, 6.07) is 15.0. The predicted octanol–water partition coefficient (Wildman–Crippen LogP) is 7.04. The molecule has 1 atom stereocenters. The second-order valence-corrected chi connectivity index (χ2v) is 9.12. The summed E-state index contributed by atoms with van der Waals surface area (Å²) >= 11 is 5.78. The van der Waals surface area contributed by atoms with E-state index in [0.717, 1.165) is 30.0 Å². The number of nitrogens with one attached hydrogen (secondary N) is 2. The van der Waals surface area contributed by atoms with E-state index in [0.29, 0.717) is 28.2 Å². The largest absolute Gasteiger partial charge is 0.497 e. The van der Waals surface area contributed by atoms with Gasteiger partial charge in [-0.2, -0.15) is 0 Å². The molecule has 1 aromatic heterocycles. The smallest absolute Gasteiger partial charge is 0.328 e. The van der Waals surface area contributed by atoms with Gasteiger partial charge in [0.05, 0.1) is 24.2 Å². The SMILES string of the molecule is C=C(/C=C\C(=C\C(=O)O)C(=C)/C(=C\C=C\Cl)c1nc2ccc(OC)cc2[nH]1)C(=O)N[C@H](CCC)c1ccccc1. The van der Waals surface area contributed by atoms with Crippen LogP contribution in [0.3, 0.4) is 0 Å². The molecule has 3 N–H and O–H groups in total. The summed E-state index contributed by atoms with van der Waals surface area (Å²) in [5.74, 6) is -0.419. The molecule has 0 spiro atoms. The van der Waals surface area contributed by atoms with E-state index in [-0.39, 0.29) is 23.1 Å². The van der Waals surface area contributed by atoms with Gasteiger partial charge in [0.15, 0.2) is 0 Å². The van der Waals surface area contributed by atoms with E-state index in [1.807, 2.05) is 36.4 Å². The normalized spacial score (nSPS) is 13.1. The van der Waals surface area contributed by atoms with E-state index < -0.39 is 5.97 Å². The lowest BCUT2D eigenvalue weighted by Crippen LogP contribution is -2.29. The molecule has 8 heteroatoms. The highest BCUT2D eigenvalue weighted by atomic mass is 35.5. The molecule has 0 radical (unpaired) electrons. The monoisotopic (exact) mass is 557 g/mol. The van der Waals surface area contributed by atoms with Crippen molar-refractivity contribution >= 4 is 40.1 Å². The summed E-state index contributed by atoms with van der Waals surface area (Å²) in [4.78, 5) is 32.5. The molecule has 40 heavy (non-hydrogen) atoms. The number of carboxylic acid groups (broad SMARTS) is 1. The minimum Gasteiger partial charge on any atom is -0.497 e. The molecule has 0 aliphatic heterocycles. The number of ether oxygens (including phenoxy) is 1. The average molecular weight is 558 g/mol. The number of benzene rings is 2. The number of carboxylic acids is 1. The molecule has 3 rings (SSSR count). The van der Waals surface area contributed by atoms with Gasteiger partial charge in [-0.05, 0) is 47.4 Å². The maximum Gasteiger partial charge on any atom is 0.328 e. The van der Waals surface area contributed by atoms with Crippen LogP contribution in [0, 0.1) is 0 Å². The van der Waals surface area contributed by atoms with Crippen LogP contribution in [0.4, 0.5) is 0 Å². The van der Waals surface area contributed by atoms with Crippen LogP contribution in [-0.2, 0) is 9.59 Å². The van der Waals surface area contributed by atoms with Crippen molar-refractivity contribution in [2.24, 2.45) is 0 Å². The standard InChI is InChI=1S/C32H32ClN3O4/c1-5-10-27(23-11-7-6-8-12-23)36-32(39)21(2)14-15-24(19-30(37)38)22(3)26(13-9-18-33)31-34-28-17-16-25(40-4)20-29(28)35-31/h6-9,11-20,27H,2-3,5,10H2,1,4H3,(H,34,35)(H,36,39)(H,37,38)/b15-14-,18-9+,24-19-,26-13+/t27-/m1/s1. The van der Waals surface area contributed by atoms with Crippen molar-refractivity contribution in [1.29, 1.82) is 0 Å². The first-order valence-corrected chi connectivity index (χ1v) is 13.1. The Morgan fingerprint density at radius 3 is 2.58 bits per heavy atom. The lowest BCUT2D eigenvalue weighted by Gasteiger charge is -2.18. The zero-order valence-corrected chi connectivity index (χ0v) is 23.2. The van der Waals surface area contributed by atoms with Gasteiger partial charge < -0.3 is 20.1 Å². The Kier molecular flexibility index (Phi) is 10.9. The molecule has 1 heterocycles. The first kappa shape index (κ1) is 29.9. The fraction of sp³-hybridized carbons (Fsp3) is 0.156. The number of allylic oxidation sites excluding steroid dienone is 6. The number of hydrogen-bond donors (Lipinski definition) is 3. The van der Waals surface area contributed by atoms with Crippen LogP contribution in [0.15, 0.2) is 114 Å². The highest BCUT2D eigenvalue weighted by molar-refractivity contribution is 6.25. The molecule has 0 saturated carbocycles. The number of nitrogens with zero attached hydrogens (tertiary/aromatic N) is 1. The van der Waals surface area contributed by atoms with Crippen LogP contribution in [0.2, 0.25) is 0 Å². The number of imidazole rings is 1. The Morgan fingerprint density at radius 2 is 1.93 bits per heavy atom. The molecule has 0 unspecified atom stereocenters. The number of amides is 1. The third-order valence-corrected chi connectivity index (χ3v) is 6.22. The summed E-state index contributed by atoms with van der Waals surface area (Å²) < 4.78 is 5.29. The second-order valence-electron chi connectivity index (χ2n) is 8.87. The van der Waals surface area contributed by atoms with E-state index in [9.17, 15) is 14.7 Å². The summed E-state index contributed by atoms with van der Waals surface area (Å²) in [7, 11) is 1.58. The van der Waals surface area contributed by atoms with Gasteiger partial charge in [0.2, 0.25) is 0 Å². The number of carbonyl (C=O) groups excluding carboxylic acids is 1. The number of methoxy groups -OCH3 is 1. The first-order chi connectivity index (χ1) is 19.3. The quantitative estimate of drug-likeness (QED) is 0.154. The van der Waals surface area contributed by atoms with Gasteiger partial charge in [-0.1, -0.05) is 80.6 Å². The Labute approximate surface area is 238 Å². The fourth-order valence-corrected chi connectivity index (χ4v) is 4.11. The molecule has 0 aliphatic carbocycles. The molecule has 206 valence electrons. The van der Waals surface area contributed by atoms with Gasteiger partial charge in [-0.3, -0.25) is 4.79 Å². The molecule has 0 aliphatic rings. The molecule has 2 aromatic carbocycles. The minimum atomic E-state index is -1.18. The van der Waals surface area contributed by atoms with Crippen LogP contribution in [0.1, 0.15) is 37.2 Å². The van der Waals surface area contributed by atoms with E-state index in [4.69, 9.17) is 16.3 Å². The highest BCUT2D eigenvalue weighted by Crippen LogP contribution is 2.30. The van der Waals surface area contributed by atoms with Crippen molar-refractivity contribution in [2.45, 2.75) is 25.8 Å². The van der Waals surface area contributed by atoms with E-state index in [1.54, 1.807) is 31.4 Å². The molecular weight excluding hydrogens is 526 g/mol. The van der Waals surface area contributed by atoms with E-state index in [2.05, 4.69) is 35.4 Å². The van der Waals surface area contributed by atoms with Gasteiger partial charge in [0.25, 0.3) is 5.91 Å². The Morgan fingerprint density at radius 1 is 1.18 bits per heavy atom. The van der Waals surface area contributed by atoms with Gasteiger partial charge >= 0.3 is 5.97 Å². The topological polar surface area (TPSA) is 104 Å². The number of carbonyl (C=O) groups is 2. The van der Waals surface area contributed by atoms with Crippen LogP contribution in [0.5, 0.6) is 5.75 Å². The number of H-pyrrole nitrogens is 1. The van der Waals surface area contributed by atoms with Gasteiger partial charge in [0, 0.05) is 28.8 Å². The first-order valence-electron chi connectivity index (χ1n) is 12.7. The van der Waals surface area contributed by atoms with Gasteiger partial charge in [-0.25, -0.2) is 9.78 Å². The van der Waals surface area contributed by atoms with Crippen molar-refractivity contribution in [2.75, 3.05) is 7.11 Å². The Hall–Kier alpha value is -4.62. The van der Waals surface area contributed by atoms with Crippen LogP contribution in [0.25, 0.3) is 16.6 Å². The van der Waals surface area contributed by atoms with Crippen LogP contribution in [-0.4, -0.2) is 34.1 Å². The summed E-state index contributed by atoms with van der Waals surface area (Å²) in [5, 5.41) is 12.6.